The van der Waals surface area contributed by atoms with E-state index in [2.05, 4.69) is 11.5 Å². The van der Waals surface area contributed by atoms with Crippen LogP contribution in [0.5, 0.6) is 0 Å². The van der Waals surface area contributed by atoms with Gasteiger partial charge < -0.3 is 5.73 Å². The Hall–Kier alpha value is 0.0500. The second-order valence-electron chi connectivity index (χ2n) is 2.97. The van der Waals surface area contributed by atoms with Crippen LogP contribution in [0, 0.1) is 0 Å². The van der Waals surface area contributed by atoms with Gasteiger partial charge in [-0.2, -0.15) is 0 Å². The fourth-order valence-corrected chi connectivity index (χ4v) is 2.36. The van der Waals surface area contributed by atoms with Crippen LogP contribution in [0.4, 0.5) is 0 Å². The Kier molecular flexibility index (Phi) is 1.14. The van der Waals surface area contributed by atoms with E-state index in [0.717, 1.165) is 0 Å². The zero-order chi connectivity index (χ0) is 6.32. The van der Waals surface area contributed by atoms with Gasteiger partial charge in [0, 0.05) is 10.8 Å². The lowest BCUT2D eigenvalue weighted by Gasteiger charge is -2.15. The summed E-state index contributed by atoms with van der Waals surface area (Å²) in [4.78, 5) is 0. The zero-order valence-corrected chi connectivity index (χ0v) is 6.16. The van der Waals surface area contributed by atoms with Crippen molar-refractivity contribution in [2.24, 2.45) is 5.73 Å². The molecule has 1 unspecified atom stereocenters. The third kappa shape index (κ3) is 0.904. The summed E-state index contributed by atoms with van der Waals surface area (Å²) in [7, 11) is 0. The van der Waals surface area contributed by atoms with Gasteiger partial charge in [-0.1, -0.05) is 6.08 Å². The Morgan fingerprint density at radius 3 is 2.78 bits per heavy atom. The van der Waals surface area contributed by atoms with E-state index in [9.17, 15) is 0 Å². The van der Waals surface area contributed by atoms with E-state index in [1.807, 2.05) is 11.8 Å². The van der Waals surface area contributed by atoms with Gasteiger partial charge in [0.15, 0.2) is 0 Å². The maximum absolute atomic E-state index is 5.99. The fraction of sp³-hybridized carbons (Fsp3) is 0.714. The molecular weight excluding hydrogens is 130 g/mol. The molecule has 0 aromatic rings. The van der Waals surface area contributed by atoms with Crippen molar-refractivity contribution in [3.63, 3.8) is 0 Å². The highest BCUT2D eigenvalue weighted by Crippen LogP contribution is 2.45. The summed E-state index contributed by atoms with van der Waals surface area (Å²) in [5, 5.41) is 2.88. The lowest BCUT2D eigenvalue weighted by Crippen LogP contribution is -2.33. The minimum atomic E-state index is 0.230. The quantitative estimate of drug-likeness (QED) is 0.599. The number of allylic oxidation sites excluding steroid dienone is 1. The molecule has 0 spiro atoms. The number of nitrogens with two attached hydrogens (primary N) is 1. The van der Waals surface area contributed by atoms with Crippen molar-refractivity contribution in [3.8, 4) is 0 Å². The van der Waals surface area contributed by atoms with Crippen LogP contribution in [0.1, 0.15) is 19.3 Å². The first kappa shape index (κ1) is 5.81. The van der Waals surface area contributed by atoms with Crippen molar-refractivity contribution in [2.45, 2.75) is 30.1 Å². The van der Waals surface area contributed by atoms with Crippen molar-refractivity contribution in [3.05, 3.63) is 11.5 Å². The maximum atomic E-state index is 5.99. The predicted molar refractivity (Wildman–Crippen MR) is 41.3 cm³/mol. The molecule has 50 valence electrons. The Labute approximate surface area is 59.7 Å². The summed E-state index contributed by atoms with van der Waals surface area (Å²) in [5.41, 5.74) is 6.22. The zero-order valence-electron chi connectivity index (χ0n) is 5.34. The van der Waals surface area contributed by atoms with E-state index in [4.69, 9.17) is 5.73 Å². The molecule has 0 bridgehead atoms. The average Bonchev–Trinajstić information content (AvgIpc) is 2.46. The van der Waals surface area contributed by atoms with Crippen LogP contribution in [-0.2, 0) is 0 Å². The van der Waals surface area contributed by atoms with Crippen LogP contribution in [0.25, 0.3) is 0 Å². The molecule has 1 heterocycles. The van der Waals surface area contributed by atoms with E-state index in [0.29, 0.717) is 5.25 Å². The van der Waals surface area contributed by atoms with Gasteiger partial charge in [0.05, 0.1) is 0 Å². The molecule has 0 aromatic heterocycles. The molecule has 1 saturated carbocycles. The normalized spacial score (nSPS) is 37.2. The van der Waals surface area contributed by atoms with E-state index in [1.165, 1.54) is 19.3 Å². The van der Waals surface area contributed by atoms with Crippen LogP contribution in [0.2, 0.25) is 0 Å². The summed E-state index contributed by atoms with van der Waals surface area (Å²) in [6.45, 7) is 0. The van der Waals surface area contributed by atoms with Gasteiger partial charge in [-0.05, 0) is 24.7 Å². The number of hydrogen-bond acceptors (Lipinski definition) is 2. The second-order valence-corrected chi connectivity index (χ2v) is 4.08. The molecule has 9 heavy (non-hydrogen) atoms. The standard InChI is InChI=1S/C7H11NS/c8-7(3-4-7)6-2-1-5-9-6/h1,5-6H,2-4,8H2. The highest BCUT2D eigenvalue weighted by atomic mass is 32.2. The molecule has 1 aliphatic carbocycles. The second kappa shape index (κ2) is 1.77. The molecule has 0 amide bonds. The van der Waals surface area contributed by atoms with Crippen LogP contribution in [-0.4, -0.2) is 10.8 Å². The smallest absolute Gasteiger partial charge is 0.0303 e. The van der Waals surface area contributed by atoms with E-state index >= 15 is 0 Å². The molecule has 2 heteroatoms. The van der Waals surface area contributed by atoms with Crippen molar-refractivity contribution in [1.82, 2.24) is 0 Å². The highest BCUT2D eigenvalue weighted by Gasteiger charge is 2.45. The number of rotatable bonds is 1. The van der Waals surface area contributed by atoms with Crippen LogP contribution in [0.15, 0.2) is 11.5 Å². The molecule has 1 aliphatic heterocycles. The van der Waals surface area contributed by atoms with Gasteiger partial charge in [-0.3, -0.25) is 0 Å². The summed E-state index contributed by atoms with van der Waals surface area (Å²) in [6.07, 6.45) is 5.90. The molecule has 1 fully saturated rings. The lowest BCUT2D eigenvalue weighted by molar-refractivity contribution is 0.641. The van der Waals surface area contributed by atoms with Gasteiger partial charge in [0.1, 0.15) is 0 Å². The fourth-order valence-electron chi connectivity index (χ4n) is 1.22. The van der Waals surface area contributed by atoms with Crippen molar-refractivity contribution in [1.29, 1.82) is 0 Å². The SMILES string of the molecule is NC1(C2CC=CS2)CC1. The molecule has 2 rings (SSSR count). The Morgan fingerprint density at radius 1 is 1.56 bits per heavy atom. The first-order chi connectivity index (χ1) is 4.31. The molecular formula is C7H11NS. The average molecular weight is 141 g/mol. The summed E-state index contributed by atoms with van der Waals surface area (Å²) in [5.74, 6) is 0. The lowest BCUT2D eigenvalue weighted by atomic mass is 10.1. The molecule has 0 radical (unpaired) electrons. The van der Waals surface area contributed by atoms with Crippen LogP contribution < -0.4 is 5.73 Å². The third-order valence-corrected chi connectivity index (χ3v) is 3.50. The molecule has 0 aromatic carbocycles. The molecule has 1 nitrogen and oxygen atoms in total. The third-order valence-electron chi connectivity index (χ3n) is 2.16. The minimum absolute atomic E-state index is 0.230. The van der Waals surface area contributed by atoms with Gasteiger partial charge in [0.2, 0.25) is 0 Å². The summed E-state index contributed by atoms with van der Waals surface area (Å²) in [6, 6.07) is 0. The van der Waals surface area contributed by atoms with Crippen LogP contribution in [0.3, 0.4) is 0 Å². The molecule has 2 aliphatic rings. The van der Waals surface area contributed by atoms with Gasteiger partial charge in [-0.25, -0.2) is 0 Å². The van der Waals surface area contributed by atoms with Crippen molar-refractivity contribution >= 4 is 11.8 Å². The van der Waals surface area contributed by atoms with Crippen molar-refractivity contribution < 1.29 is 0 Å². The van der Waals surface area contributed by atoms with Gasteiger partial charge in [-0.15, -0.1) is 11.8 Å². The topological polar surface area (TPSA) is 26.0 Å². The Morgan fingerprint density at radius 2 is 2.33 bits per heavy atom. The Balaban J connectivity index is 2.00. The van der Waals surface area contributed by atoms with Crippen LogP contribution >= 0.6 is 11.8 Å². The first-order valence-corrected chi connectivity index (χ1v) is 4.35. The number of thioether (sulfide) groups is 1. The van der Waals surface area contributed by atoms with Gasteiger partial charge in [0.25, 0.3) is 0 Å². The van der Waals surface area contributed by atoms with Crippen molar-refractivity contribution in [2.75, 3.05) is 0 Å². The molecule has 0 saturated heterocycles. The maximum Gasteiger partial charge on any atom is 0.0303 e. The minimum Gasteiger partial charge on any atom is -0.324 e. The molecule has 1 atom stereocenters. The summed E-state index contributed by atoms with van der Waals surface area (Å²) < 4.78 is 0. The predicted octanol–water partition coefficient (Wildman–Crippen LogP) is 1.50. The monoisotopic (exact) mass is 141 g/mol. The number of hydrogen-bond donors (Lipinski definition) is 1. The highest BCUT2D eigenvalue weighted by molar-refractivity contribution is 8.03. The van der Waals surface area contributed by atoms with E-state index < -0.39 is 0 Å². The Bertz CT molecular complexity index is 141. The van der Waals surface area contributed by atoms with E-state index in [1.54, 1.807) is 0 Å². The summed E-state index contributed by atoms with van der Waals surface area (Å²) >= 11 is 1.91. The van der Waals surface area contributed by atoms with Gasteiger partial charge >= 0.3 is 0 Å². The molecule has 2 N–H and O–H groups in total. The first-order valence-electron chi connectivity index (χ1n) is 3.41. The van der Waals surface area contributed by atoms with E-state index in [-0.39, 0.29) is 5.54 Å². The largest absolute Gasteiger partial charge is 0.324 e.